The Balaban J connectivity index is 1.84. The smallest absolute Gasteiger partial charge is 0.110 e. The predicted molar refractivity (Wildman–Crippen MR) is 84.3 cm³/mol. The van der Waals surface area contributed by atoms with Gasteiger partial charge in [0.15, 0.2) is 0 Å². The lowest BCUT2D eigenvalue weighted by Gasteiger charge is -2.08. The number of nitrogens with zero attached hydrogens (tertiary/aromatic N) is 1. The Morgan fingerprint density at radius 3 is 2.90 bits per heavy atom. The first-order chi connectivity index (χ1) is 10.3. The van der Waals surface area contributed by atoms with Gasteiger partial charge in [-0.15, -0.1) is 11.3 Å². The van der Waals surface area contributed by atoms with E-state index in [-0.39, 0.29) is 0 Å². The lowest BCUT2D eigenvalue weighted by molar-refractivity contribution is 0.0617. The molecule has 0 atom stereocenters. The van der Waals surface area contributed by atoms with E-state index in [0.717, 1.165) is 27.5 Å². The highest BCUT2D eigenvalue weighted by Gasteiger charge is 2.00. The van der Waals surface area contributed by atoms with Crippen molar-refractivity contribution < 1.29 is 9.47 Å². The summed E-state index contributed by atoms with van der Waals surface area (Å²) in [6, 6.07) is 14.1. The molecule has 0 aliphatic rings. The Morgan fingerprint density at radius 1 is 1.24 bits per heavy atom. The van der Waals surface area contributed by atoms with Gasteiger partial charge in [-0.25, -0.2) is 0 Å². The zero-order valence-electron chi connectivity index (χ0n) is 12.0. The van der Waals surface area contributed by atoms with Crippen LogP contribution in [0.3, 0.4) is 0 Å². The summed E-state index contributed by atoms with van der Waals surface area (Å²) in [7, 11) is 1.66. The summed E-state index contributed by atoms with van der Waals surface area (Å²) < 4.78 is 10.5. The second-order valence-corrected chi connectivity index (χ2v) is 5.65. The maximum Gasteiger partial charge on any atom is 0.110 e. The third-order valence-corrected chi connectivity index (χ3v) is 3.86. The first kappa shape index (κ1) is 15.5. The number of nitrogens with one attached hydrogen (secondary N) is 1. The lowest BCUT2D eigenvalue weighted by Crippen LogP contribution is -2.02. The Kier molecular flexibility index (Phi) is 6.22. The van der Waals surface area contributed by atoms with Gasteiger partial charge in [0, 0.05) is 24.2 Å². The Bertz CT molecular complexity index is 604. The fourth-order valence-electron chi connectivity index (χ4n) is 1.83. The molecule has 1 aromatic heterocycles. The van der Waals surface area contributed by atoms with Crippen LogP contribution >= 0.6 is 11.3 Å². The number of anilines is 1. The van der Waals surface area contributed by atoms with E-state index in [1.165, 1.54) is 11.3 Å². The molecule has 1 aromatic carbocycles. The molecule has 1 heterocycles. The SMILES string of the molecule is COCCOCc1cccc(NCc2ccc(C#N)s2)c1. The topological polar surface area (TPSA) is 54.3 Å². The van der Waals surface area contributed by atoms with Gasteiger partial charge in [-0.05, 0) is 29.8 Å². The molecule has 0 saturated carbocycles. The van der Waals surface area contributed by atoms with Crippen LogP contribution in [0.15, 0.2) is 36.4 Å². The van der Waals surface area contributed by atoms with Gasteiger partial charge in [0.2, 0.25) is 0 Å². The van der Waals surface area contributed by atoms with E-state index < -0.39 is 0 Å². The molecule has 0 aliphatic carbocycles. The average Bonchev–Trinajstić information content (AvgIpc) is 2.98. The molecular weight excluding hydrogens is 284 g/mol. The second kappa shape index (κ2) is 8.42. The van der Waals surface area contributed by atoms with Gasteiger partial charge < -0.3 is 14.8 Å². The molecular formula is C16H18N2O2S. The Hall–Kier alpha value is -1.87. The summed E-state index contributed by atoms with van der Waals surface area (Å²) in [5.74, 6) is 0. The van der Waals surface area contributed by atoms with Gasteiger partial charge in [0.25, 0.3) is 0 Å². The summed E-state index contributed by atoms with van der Waals surface area (Å²) in [6.45, 7) is 2.51. The lowest BCUT2D eigenvalue weighted by atomic mass is 10.2. The zero-order chi connectivity index (χ0) is 14.9. The molecule has 2 rings (SSSR count). The number of benzene rings is 1. The molecule has 0 spiro atoms. The van der Waals surface area contributed by atoms with E-state index in [4.69, 9.17) is 14.7 Å². The average molecular weight is 302 g/mol. The van der Waals surface area contributed by atoms with Crippen molar-refractivity contribution in [1.82, 2.24) is 0 Å². The van der Waals surface area contributed by atoms with Crippen LogP contribution in [-0.4, -0.2) is 20.3 Å². The van der Waals surface area contributed by atoms with Gasteiger partial charge in [0.05, 0.1) is 19.8 Å². The van der Waals surface area contributed by atoms with E-state index in [1.54, 1.807) is 7.11 Å². The third kappa shape index (κ3) is 5.20. The van der Waals surface area contributed by atoms with Crippen LogP contribution in [0, 0.1) is 11.3 Å². The summed E-state index contributed by atoms with van der Waals surface area (Å²) in [4.78, 5) is 1.89. The molecule has 21 heavy (non-hydrogen) atoms. The molecule has 0 aliphatic heterocycles. The van der Waals surface area contributed by atoms with Crippen molar-refractivity contribution in [1.29, 1.82) is 5.26 Å². The van der Waals surface area contributed by atoms with Crippen molar-refractivity contribution in [3.05, 3.63) is 51.7 Å². The zero-order valence-corrected chi connectivity index (χ0v) is 12.8. The fraction of sp³-hybridized carbons (Fsp3) is 0.312. The number of ether oxygens (including phenoxy) is 2. The van der Waals surface area contributed by atoms with Crippen LogP contribution in [0.1, 0.15) is 15.3 Å². The summed E-state index contributed by atoms with van der Waals surface area (Å²) in [6.07, 6.45) is 0. The fourth-order valence-corrected chi connectivity index (χ4v) is 2.57. The maximum absolute atomic E-state index is 8.81. The maximum atomic E-state index is 8.81. The first-order valence-corrected chi connectivity index (χ1v) is 7.52. The molecule has 0 bridgehead atoms. The number of thiophene rings is 1. The standard InChI is InChI=1S/C16H18N2O2S/c1-19-7-8-20-12-13-3-2-4-14(9-13)18-11-16-6-5-15(10-17)21-16/h2-6,9,18H,7-8,11-12H2,1H3. The first-order valence-electron chi connectivity index (χ1n) is 6.70. The molecule has 110 valence electrons. The van der Waals surface area contributed by atoms with Gasteiger partial charge >= 0.3 is 0 Å². The van der Waals surface area contributed by atoms with Gasteiger partial charge in [-0.2, -0.15) is 5.26 Å². The number of hydrogen-bond donors (Lipinski definition) is 1. The van der Waals surface area contributed by atoms with Crippen LogP contribution in [0.2, 0.25) is 0 Å². The van der Waals surface area contributed by atoms with E-state index in [0.29, 0.717) is 19.8 Å². The van der Waals surface area contributed by atoms with Crippen molar-refractivity contribution in [2.24, 2.45) is 0 Å². The minimum Gasteiger partial charge on any atom is -0.382 e. The van der Waals surface area contributed by atoms with Crippen LogP contribution in [0.5, 0.6) is 0 Å². The minimum absolute atomic E-state index is 0.580. The van der Waals surface area contributed by atoms with E-state index in [1.807, 2.05) is 30.3 Å². The van der Waals surface area contributed by atoms with Crippen molar-refractivity contribution in [3.8, 4) is 6.07 Å². The quantitative estimate of drug-likeness (QED) is 0.759. The molecule has 0 radical (unpaired) electrons. The van der Waals surface area contributed by atoms with Crippen LogP contribution in [-0.2, 0) is 22.6 Å². The molecule has 0 amide bonds. The normalized spacial score (nSPS) is 10.3. The molecule has 2 aromatic rings. The molecule has 4 nitrogen and oxygen atoms in total. The monoisotopic (exact) mass is 302 g/mol. The van der Waals surface area contributed by atoms with Crippen LogP contribution < -0.4 is 5.32 Å². The largest absolute Gasteiger partial charge is 0.382 e. The molecule has 0 saturated heterocycles. The highest BCUT2D eigenvalue weighted by atomic mass is 32.1. The molecule has 0 unspecified atom stereocenters. The van der Waals surface area contributed by atoms with E-state index >= 15 is 0 Å². The summed E-state index contributed by atoms with van der Waals surface area (Å²) in [5.41, 5.74) is 2.18. The predicted octanol–water partition coefficient (Wildman–Crippen LogP) is 3.39. The Labute approximate surface area is 128 Å². The highest BCUT2D eigenvalue weighted by molar-refractivity contribution is 7.12. The molecule has 0 fully saturated rings. The van der Waals surface area contributed by atoms with Crippen molar-refractivity contribution in [3.63, 3.8) is 0 Å². The third-order valence-electron chi connectivity index (χ3n) is 2.87. The van der Waals surface area contributed by atoms with Crippen molar-refractivity contribution in [2.75, 3.05) is 25.6 Å². The van der Waals surface area contributed by atoms with Crippen molar-refractivity contribution >= 4 is 17.0 Å². The van der Waals surface area contributed by atoms with Crippen molar-refractivity contribution in [2.45, 2.75) is 13.2 Å². The second-order valence-electron chi connectivity index (χ2n) is 4.48. The molecule has 5 heteroatoms. The summed E-state index contributed by atoms with van der Waals surface area (Å²) in [5, 5.41) is 12.2. The number of rotatable bonds is 8. The van der Waals surface area contributed by atoms with Gasteiger partial charge in [0.1, 0.15) is 10.9 Å². The molecule has 1 N–H and O–H groups in total. The summed E-state index contributed by atoms with van der Waals surface area (Å²) >= 11 is 1.51. The van der Waals surface area contributed by atoms with E-state index in [9.17, 15) is 0 Å². The Morgan fingerprint density at radius 2 is 2.14 bits per heavy atom. The van der Waals surface area contributed by atoms with Crippen LogP contribution in [0.25, 0.3) is 0 Å². The highest BCUT2D eigenvalue weighted by Crippen LogP contribution is 2.18. The number of nitriles is 1. The van der Waals surface area contributed by atoms with Gasteiger partial charge in [-0.1, -0.05) is 12.1 Å². The minimum atomic E-state index is 0.580. The number of hydrogen-bond acceptors (Lipinski definition) is 5. The van der Waals surface area contributed by atoms with E-state index in [2.05, 4.69) is 17.5 Å². The van der Waals surface area contributed by atoms with Crippen LogP contribution in [0.4, 0.5) is 5.69 Å². The van der Waals surface area contributed by atoms with Gasteiger partial charge in [-0.3, -0.25) is 0 Å². The number of methoxy groups -OCH3 is 1.